The minimum atomic E-state index is -4.78. The van der Waals surface area contributed by atoms with Gasteiger partial charge in [0.05, 0.1) is 4.90 Å². The molecule has 0 unspecified atom stereocenters. The molecule has 0 saturated carbocycles. The van der Waals surface area contributed by atoms with E-state index in [0.717, 1.165) is 17.4 Å². The third kappa shape index (κ3) is 2.97. The molecule has 0 atom stereocenters. The predicted octanol–water partition coefficient (Wildman–Crippen LogP) is 2.84. The Morgan fingerprint density at radius 3 is 2.70 bits per heavy atom. The Labute approximate surface area is 131 Å². The Kier molecular flexibility index (Phi) is 3.68. The maximum absolute atomic E-state index is 12.5. The number of alkyl halides is 3. The zero-order valence-corrected chi connectivity index (χ0v) is 12.5. The third-order valence-electron chi connectivity index (χ3n) is 2.63. The van der Waals surface area contributed by atoms with E-state index in [0.29, 0.717) is 0 Å². The molecule has 2 heterocycles. The fourth-order valence-electron chi connectivity index (χ4n) is 1.63. The van der Waals surface area contributed by atoms with Crippen molar-refractivity contribution in [1.29, 1.82) is 0 Å². The van der Waals surface area contributed by atoms with Crippen LogP contribution < -0.4 is 0 Å². The summed E-state index contributed by atoms with van der Waals surface area (Å²) >= 11 is 0.916. The summed E-state index contributed by atoms with van der Waals surface area (Å²) in [4.78, 5) is 6.68. The molecular weight excluding hydrogens is 355 g/mol. The Morgan fingerprint density at radius 1 is 1.30 bits per heavy atom. The van der Waals surface area contributed by atoms with E-state index in [4.69, 9.17) is 0 Å². The molecule has 2 aromatic heterocycles. The second-order valence-corrected chi connectivity index (χ2v) is 7.15. The van der Waals surface area contributed by atoms with E-state index in [-0.39, 0.29) is 20.6 Å². The second kappa shape index (κ2) is 5.42. The summed E-state index contributed by atoms with van der Waals surface area (Å²) < 4.78 is 66.0. The van der Waals surface area contributed by atoms with Gasteiger partial charge in [-0.05, 0) is 6.07 Å². The molecule has 0 bridgehead atoms. The predicted molar refractivity (Wildman–Crippen MR) is 71.1 cm³/mol. The summed E-state index contributed by atoms with van der Waals surface area (Å²) in [5.74, 6) is -1.88. The van der Waals surface area contributed by atoms with Crippen molar-refractivity contribution in [3.63, 3.8) is 0 Å². The highest BCUT2D eigenvalue weighted by atomic mass is 32.2. The zero-order chi connectivity index (χ0) is 16.7. The van der Waals surface area contributed by atoms with E-state index in [1.54, 1.807) is 0 Å². The van der Waals surface area contributed by atoms with Gasteiger partial charge in [0.2, 0.25) is 20.0 Å². The molecule has 11 heteroatoms. The minimum absolute atomic E-state index is 0.0538. The van der Waals surface area contributed by atoms with Crippen molar-refractivity contribution < 1.29 is 26.1 Å². The van der Waals surface area contributed by atoms with Crippen LogP contribution in [-0.4, -0.2) is 23.5 Å². The van der Waals surface area contributed by atoms with Crippen molar-refractivity contribution in [3.8, 4) is 11.4 Å². The van der Waals surface area contributed by atoms with Crippen LogP contribution in [0.1, 0.15) is 5.89 Å². The average Bonchev–Trinajstić information content (AvgIpc) is 3.18. The summed E-state index contributed by atoms with van der Waals surface area (Å²) in [5.41, 5.74) is 0.0538. The van der Waals surface area contributed by atoms with Gasteiger partial charge in [0.25, 0.3) is 0 Å². The maximum atomic E-state index is 12.5. The first-order valence-electron chi connectivity index (χ1n) is 5.86. The van der Waals surface area contributed by atoms with Crippen LogP contribution in [0, 0.1) is 6.07 Å². The highest BCUT2D eigenvalue weighted by Crippen LogP contribution is 2.30. The molecule has 0 aliphatic carbocycles. The minimum Gasteiger partial charge on any atom is -0.329 e. The normalized spacial score (nSPS) is 12.5. The Bertz CT molecular complexity index is 934. The molecule has 6 nitrogen and oxygen atoms in total. The zero-order valence-electron chi connectivity index (χ0n) is 10.9. The number of nitrogens with zero attached hydrogens (tertiary/aromatic N) is 3. The van der Waals surface area contributed by atoms with Gasteiger partial charge in [0.1, 0.15) is 0 Å². The Balaban J connectivity index is 2.03. The quantitative estimate of drug-likeness (QED) is 0.714. The van der Waals surface area contributed by atoms with Gasteiger partial charge in [-0.3, -0.25) is 0 Å². The molecule has 23 heavy (non-hydrogen) atoms. The van der Waals surface area contributed by atoms with Crippen LogP contribution in [0.2, 0.25) is 0 Å². The van der Waals surface area contributed by atoms with E-state index in [1.807, 2.05) is 0 Å². The number of benzene rings is 1. The summed E-state index contributed by atoms with van der Waals surface area (Å²) in [6.45, 7) is 0. The lowest BCUT2D eigenvalue weighted by molar-refractivity contribution is -0.159. The van der Waals surface area contributed by atoms with Crippen molar-refractivity contribution in [2.24, 2.45) is 0 Å². The molecule has 0 aliphatic rings. The molecule has 119 valence electrons. The highest BCUT2D eigenvalue weighted by molar-refractivity contribution is 7.93. The molecule has 0 aliphatic heterocycles. The van der Waals surface area contributed by atoms with Gasteiger partial charge in [0.15, 0.2) is 0 Å². The van der Waals surface area contributed by atoms with Crippen molar-refractivity contribution in [2.45, 2.75) is 15.4 Å². The molecule has 3 aromatic rings. The third-order valence-corrected chi connectivity index (χ3v) is 5.52. The molecule has 0 fully saturated rings. The first kappa shape index (κ1) is 15.6. The van der Waals surface area contributed by atoms with Crippen molar-refractivity contribution >= 4 is 21.2 Å². The standard InChI is InChI=1S/C12H5F3N3O3S2/c13-12(14,15)10-17-9(18-21-10)7-2-1-3-8(6-7)23(19,20)11-16-4-5-22-11/h1-2,4-6H. The maximum Gasteiger partial charge on any atom is 0.471 e. The van der Waals surface area contributed by atoms with Gasteiger partial charge in [0, 0.05) is 23.2 Å². The highest BCUT2D eigenvalue weighted by Gasteiger charge is 2.38. The molecule has 1 aromatic carbocycles. The molecule has 0 saturated heterocycles. The van der Waals surface area contributed by atoms with Crippen LogP contribution >= 0.6 is 11.3 Å². The van der Waals surface area contributed by atoms with Crippen LogP contribution in [0.15, 0.2) is 43.5 Å². The fraction of sp³-hybridized carbons (Fsp3) is 0.0833. The van der Waals surface area contributed by atoms with Crippen LogP contribution in [-0.2, 0) is 16.0 Å². The lowest BCUT2D eigenvalue weighted by Crippen LogP contribution is -2.05. The van der Waals surface area contributed by atoms with E-state index in [9.17, 15) is 21.6 Å². The number of rotatable bonds is 3. The van der Waals surface area contributed by atoms with Gasteiger partial charge in [-0.25, -0.2) is 13.4 Å². The Hall–Kier alpha value is -2.27. The van der Waals surface area contributed by atoms with Gasteiger partial charge in [-0.15, -0.1) is 11.3 Å². The fourth-order valence-corrected chi connectivity index (χ4v) is 3.83. The molecule has 0 N–H and O–H groups in total. The number of hydrogen-bond acceptors (Lipinski definition) is 7. The van der Waals surface area contributed by atoms with E-state index in [2.05, 4.69) is 25.7 Å². The van der Waals surface area contributed by atoms with E-state index in [1.165, 1.54) is 23.7 Å². The van der Waals surface area contributed by atoms with Gasteiger partial charge in [-0.1, -0.05) is 17.3 Å². The summed E-state index contributed by atoms with van der Waals surface area (Å²) in [7, 11) is -3.90. The van der Waals surface area contributed by atoms with Crippen LogP contribution in [0.5, 0.6) is 0 Å². The topological polar surface area (TPSA) is 86.0 Å². The number of hydrogen-bond donors (Lipinski definition) is 0. The number of aromatic nitrogens is 3. The second-order valence-electron chi connectivity index (χ2n) is 4.16. The van der Waals surface area contributed by atoms with Crippen molar-refractivity contribution in [1.82, 2.24) is 15.1 Å². The van der Waals surface area contributed by atoms with Crippen LogP contribution in [0.3, 0.4) is 0 Å². The van der Waals surface area contributed by atoms with Gasteiger partial charge < -0.3 is 4.52 Å². The lowest BCUT2D eigenvalue weighted by Gasteiger charge is -2.02. The van der Waals surface area contributed by atoms with Crippen molar-refractivity contribution in [3.05, 3.63) is 41.7 Å². The largest absolute Gasteiger partial charge is 0.471 e. The number of thiazole rings is 1. The summed E-state index contributed by atoms with van der Waals surface area (Å²) in [5, 5.41) is 4.70. The van der Waals surface area contributed by atoms with Gasteiger partial charge >= 0.3 is 12.1 Å². The van der Waals surface area contributed by atoms with Crippen LogP contribution in [0.25, 0.3) is 11.4 Å². The van der Waals surface area contributed by atoms with Gasteiger partial charge in [-0.2, -0.15) is 18.2 Å². The van der Waals surface area contributed by atoms with E-state index >= 15 is 0 Å². The summed E-state index contributed by atoms with van der Waals surface area (Å²) in [6.07, 6.45) is -3.45. The Morgan fingerprint density at radius 2 is 2.09 bits per heavy atom. The molecule has 0 spiro atoms. The smallest absolute Gasteiger partial charge is 0.329 e. The number of sulfone groups is 1. The molecule has 1 radical (unpaired) electrons. The molecule has 0 amide bonds. The lowest BCUT2D eigenvalue weighted by atomic mass is 10.2. The average molecular weight is 360 g/mol. The van der Waals surface area contributed by atoms with Crippen molar-refractivity contribution in [2.75, 3.05) is 0 Å². The van der Waals surface area contributed by atoms with Crippen LogP contribution in [0.4, 0.5) is 13.2 Å². The first-order chi connectivity index (χ1) is 10.8. The van der Waals surface area contributed by atoms with E-state index < -0.39 is 21.9 Å². The molecule has 3 rings (SSSR count). The first-order valence-corrected chi connectivity index (χ1v) is 8.22. The monoisotopic (exact) mass is 360 g/mol. The summed E-state index contributed by atoms with van der Waals surface area (Å²) in [6, 6.07) is 6.20. The number of halogens is 3. The SMILES string of the molecule is O=S(=O)(c1[c]ccc(-c2noc(C(F)(F)F)n2)c1)c1nccs1. The molecular formula is C12H5F3N3O3S2.